The fourth-order valence-corrected chi connectivity index (χ4v) is 1.29. The number of nitrogens with zero attached hydrogens (tertiary/aromatic N) is 1. The maximum atomic E-state index is 11.7. The molecule has 0 aliphatic heterocycles. The van der Waals surface area contributed by atoms with Crippen molar-refractivity contribution < 1.29 is 14.7 Å². The maximum absolute atomic E-state index is 11.7. The van der Waals surface area contributed by atoms with E-state index in [2.05, 4.69) is 0 Å². The molecule has 0 bridgehead atoms. The van der Waals surface area contributed by atoms with Gasteiger partial charge in [-0.2, -0.15) is 0 Å². The number of carboxylic acids is 1. The van der Waals surface area contributed by atoms with E-state index in [1.54, 1.807) is 11.8 Å². The molecule has 88 valence electrons. The topological polar surface area (TPSA) is 57.6 Å². The minimum Gasteiger partial charge on any atom is -0.481 e. The van der Waals surface area contributed by atoms with Crippen LogP contribution in [0.2, 0.25) is 0 Å². The Hall–Kier alpha value is -1.06. The molecule has 4 heteroatoms. The Kier molecular flexibility index (Phi) is 5.97. The lowest BCUT2D eigenvalue weighted by atomic mass is 10.1. The van der Waals surface area contributed by atoms with Crippen LogP contribution in [-0.2, 0) is 9.59 Å². The fraction of sp³-hybridized carbons (Fsp3) is 0.818. The molecule has 1 amide bonds. The number of carbonyl (C=O) groups excluding carboxylic acids is 1. The highest BCUT2D eigenvalue weighted by Crippen LogP contribution is 2.07. The third-order valence-corrected chi connectivity index (χ3v) is 2.23. The summed E-state index contributed by atoms with van der Waals surface area (Å²) in [4.78, 5) is 23.9. The summed E-state index contributed by atoms with van der Waals surface area (Å²) in [5.41, 5.74) is 0. The summed E-state index contributed by atoms with van der Waals surface area (Å²) in [6, 6.07) is 0. The summed E-state index contributed by atoms with van der Waals surface area (Å²) in [5, 5.41) is 8.75. The molecule has 0 rings (SSSR count). The number of aliphatic carboxylic acids is 1. The smallest absolute Gasteiger partial charge is 0.308 e. The summed E-state index contributed by atoms with van der Waals surface area (Å²) in [6.45, 7) is 8.32. The molecule has 0 fully saturated rings. The highest BCUT2D eigenvalue weighted by atomic mass is 16.4. The van der Waals surface area contributed by atoms with Crippen molar-refractivity contribution in [2.75, 3.05) is 13.1 Å². The van der Waals surface area contributed by atoms with Crippen LogP contribution >= 0.6 is 0 Å². The zero-order valence-electron chi connectivity index (χ0n) is 9.99. The van der Waals surface area contributed by atoms with Gasteiger partial charge in [-0.15, -0.1) is 0 Å². The first-order chi connectivity index (χ1) is 6.88. The molecule has 0 aliphatic rings. The Balaban J connectivity index is 4.24. The first-order valence-electron chi connectivity index (χ1n) is 5.39. The Morgan fingerprint density at radius 1 is 1.27 bits per heavy atom. The van der Waals surface area contributed by atoms with Gasteiger partial charge in [0.05, 0.1) is 5.92 Å². The van der Waals surface area contributed by atoms with E-state index in [0.29, 0.717) is 25.4 Å². The van der Waals surface area contributed by atoms with Crippen LogP contribution in [0.3, 0.4) is 0 Å². The summed E-state index contributed by atoms with van der Waals surface area (Å²) in [6.07, 6.45) is 0.486. The normalized spacial score (nSPS) is 12.6. The predicted molar refractivity (Wildman–Crippen MR) is 58.5 cm³/mol. The summed E-state index contributed by atoms with van der Waals surface area (Å²) < 4.78 is 0. The molecule has 0 saturated carbocycles. The van der Waals surface area contributed by atoms with Gasteiger partial charge in [-0.25, -0.2) is 0 Å². The first-order valence-corrected chi connectivity index (χ1v) is 5.39. The molecule has 1 N–H and O–H groups in total. The van der Waals surface area contributed by atoms with Gasteiger partial charge >= 0.3 is 5.97 Å². The van der Waals surface area contributed by atoms with Crippen LogP contribution in [0.4, 0.5) is 0 Å². The molecule has 1 atom stereocenters. The second-order valence-corrected chi connectivity index (χ2v) is 4.27. The lowest BCUT2D eigenvalue weighted by Crippen LogP contribution is -2.37. The van der Waals surface area contributed by atoms with Crippen molar-refractivity contribution in [1.29, 1.82) is 0 Å². The standard InChI is InChI=1S/C11H21NO3/c1-5-12(7-9(4)11(14)15)10(13)6-8(2)3/h8-9H,5-7H2,1-4H3,(H,14,15). The molecule has 0 aromatic rings. The average molecular weight is 215 g/mol. The molecule has 0 aromatic heterocycles. The number of hydrogen-bond acceptors (Lipinski definition) is 2. The molecule has 0 aromatic carbocycles. The summed E-state index contributed by atoms with van der Waals surface area (Å²) >= 11 is 0. The number of carbonyl (C=O) groups is 2. The van der Waals surface area contributed by atoms with E-state index in [9.17, 15) is 9.59 Å². The molecular weight excluding hydrogens is 194 g/mol. The molecule has 0 heterocycles. The monoisotopic (exact) mass is 215 g/mol. The van der Waals surface area contributed by atoms with Crippen molar-refractivity contribution in [3.63, 3.8) is 0 Å². The van der Waals surface area contributed by atoms with Crippen molar-refractivity contribution in [3.8, 4) is 0 Å². The van der Waals surface area contributed by atoms with Gasteiger partial charge in [0.2, 0.25) is 5.91 Å². The van der Waals surface area contributed by atoms with E-state index in [0.717, 1.165) is 0 Å². The van der Waals surface area contributed by atoms with Crippen LogP contribution in [0, 0.1) is 11.8 Å². The quantitative estimate of drug-likeness (QED) is 0.732. The SMILES string of the molecule is CCN(CC(C)C(=O)O)C(=O)CC(C)C. The minimum absolute atomic E-state index is 0.0422. The van der Waals surface area contributed by atoms with E-state index in [1.165, 1.54) is 0 Å². The molecule has 4 nitrogen and oxygen atoms in total. The predicted octanol–water partition coefficient (Wildman–Crippen LogP) is 1.60. The fourth-order valence-electron chi connectivity index (χ4n) is 1.29. The van der Waals surface area contributed by atoms with Crippen LogP contribution in [-0.4, -0.2) is 35.0 Å². The lowest BCUT2D eigenvalue weighted by Gasteiger charge is -2.23. The van der Waals surface area contributed by atoms with Crippen LogP contribution in [0.25, 0.3) is 0 Å². The van der Waals surface area contributed by atoms with E-state index in [1.807, 2.05) is 20.8 Å². The highest BCUT2D eigenvalue weighted by Gasteiger charge is 2.19. The van der Waals surface area contributed by atoms with Crippen molar-refractivity contribution in [2.45, 2.75) is 34.1 Å². The third-order valence-electron chi connectivity index (χ3n) is 2.23. The summed E-state index contributed by atoms with van der Waals surface area (Å²) in [5.74, 6) is -1.00. The second-order valence-electron chi connectivity index (χ2n) is 4.27. The molecule has 1 unspecified atom stereocenters. The van der Waals surface area contributed by atoms with Gasteiger partial charge in [0, 0.05) is 19.5 Å². The van der Waals surface area contributed by atoms with Gasteiger partial charge in [-0.1, -0.05) is 20.8 Å². The van der Waals surface area contributed by atoms with Crippen LogP contribution < -0.4 is 0 Å². The zero-order chi connectivity index (χ0) is 12.0. The van der Waals surface area contributed by atoms with E-state index in [-0.39, 0.29) is 5.91 Å². The maximum Gasteiger partial charge on any atom is 0.308 e. The number of amides is 1. The third kappa shape index (κ3) is 5.40. The van der Waals surface area contributed by atoms with E-state index < -0.39 is 11.9 Å². The van der Waals surface area contributed by atoms with Gasteiger partial charge in [-0.05, 0) is 12.8 Å². The van der Waals surface area contributed by atoms with Crippen molar-refractivity contribution in [3.05, 3.63) is 0 Å². The molecule has 0 spiro atoms. The molecule has 0 aliphatic carbocycles. The molecule has 0 radical (unpaired) electrons. The first kappa shape index (κ1) is 13.9. The van der Waals surface area contributed by atoms with E-state index in [4.69, 9.17) is 5.11 Å². The van der Waals surface area contributed by atoms with Crippen LogP contribution in [0.15, 0.2) is 0 Å². The molecule has 0 saturated heterocycles. The Labute approximate surface area is 91.3 Å². The number of rotatable bonds is 6. The minimum atomic E-state index is -0.856. The van der Waals surface area contributed by atoms with Gasteiger partial charge in [0.15, 0.2) is 0 Å². The number of hydrogen-bond donors (Lipinski definition) is 1. The van der Waals surface area contributed by atoms with Crippen molar-refractivity contribution in [2.24, 2.45) is 11.8 Å². The van der Waals surface area contributed by atoms with Crippen molar-refractivity contribution in [1.82, 2.24) is 4.90 Å². The Morgan fingerprint density at radius 3 is 2.13 bits per heavy atom. The highest BCUT2D eigenvalue weighted by molar-refractivity contribution is 5.77. The average Bonchev–Trinajstić information content (AvgIpc) is 2.11. The zero-order valence-corrected chi connectivity index (χ0v) is 9.99. The summed E-state index contributed by atoms with van der Waals surface area (Å²) in [7, 11) is 0. The van der Waals surface area contributed by atoms with Crippen molar-refractivity contribution >= 4 is 11.9 Å². The van der Waals surface area contributed by atoms with Gasteiger partial charge in [0.25, 0.3) is 0 Å². The second kappa shape index (κ2) is 6.43. The Morgan fingerprint density at radius 2 is 1.80 bits per heavy atom. The Bertz CT molecular complexity index is 226. The van der Waals surface area contributed by atoms with Gasteiger partial charge in [0.1, 0.15) is 0 Å². The molecular formula is C11H21NO3. The molecule has 15 heavy (non-hydrogen) atoms. The van der Waals surface area contributed by atoms with Crippen LogP contribution in [0.1, 0.15) is 34.1 Å². The van der Waals surface area contributed by atoms with Gasteiger partial charge in [-0.3, -0.25) is 9.59 Å². The van der Waals surface area contributed by atoms with Gasteiger partial charge < -0.3 is 10.0 Å². The van der Waals surface area contributed by atoms with Crippen LogP contribution in [0.5, 0.6) is 0 Å². The lowest BCUT2D eigenvalue weighted by molar-refractivity contribution is -0.143. The number of carboxylic acid groups (broad SMARTS) is 1. The van der Waals surface area contributed by atoms with E-state index >= 15 is 0 Å². The largest absolute Gasteiger partial charge is 0.481 e.